The quantitative estimate of drug-likeness (QED) is 0.122. The number of fused-ring (bicyclic) bond motifs is 1. The predicted octanol–water partition coefficient (Wildman–Crippen LogP) is 8.20. The van der Waals surface area contributed by atoms with Crippen molar-refractivity contribution < 1.29 is 4.79 Å². The van der Waals surface area contributed by atoms with E-state index in [4.69, 9.17) is 68.7 Å². The third kappa shape index (κ3) is 5.78. The van der Waals surface area contributed by atoms with Crippen molar-refractivity contribution in [3.8, 4) is 17.3 Å². The number of nitrogens with zero attached hydrogens (tertiary/aromatic N) is 6. The summed E-state index contributed by atoms with van der Waals surface area (Å²) in [4.78, 5) is 40.7. The number of nitriles is 1. The van der Waals surface area contributed by atoms with Crippen molar-refractivity contribution >= 4 is 92.0 Å². The van der Waals surface area contributed by atoms with Crippen LogP contribution >= 0.6 is 58.0 Å². The van der Waals surface area contributed by atoms with Crippen LogP contribution < -0.4 is 16.2 Å². The lowest BCUT2D eigenvalue weighted by Gasteiger charge is -2.45. The number of nitrogen functional groups attached to an aromatic ring is 1. The number of aromatic nitrogens is 2. The number of anilines is 2. The minimum Gasteiger partial charge on any atom is -0.396 e. The number of carbonyl (C=O) groups is 1. The minimum atomic E-state index is -0.581. The standard InChI is InChI=1S/C33H32Cl5N7O2/c1-7-21(46)44-16(5)12-43(13-17(44)6)31-18-10-20(34)29(22-23(35)25(37)26(38)27(40)24(22)36)42-32(18)45(33(47)19(31)11-39)30-15(4)8-9-41-28(30)14(2)3/h7-10,14-17,30H,1,12-13,40H2,2-6H3/t15-,16-,17+,30-/m1/s1. The second-order valence-corrected chi connectivity index (χ2v) is 14.1. The number of nitrogens with two attached hydrogens (primary N) is 1. The van der Waals surface area contributed by atoms with E-state index in [0.29, 0.717) is 24.2 Å². The Morgan fingerprint density at radius 3 is 2.30 bits per heavy atom. The summed E-state index contributed by atoms with van der Waals surface area (Å²) in [6.45, 7) is 14.1. The van der Waals surface area contributed by atoms with Crippen LogP contribution in [0.3, 0.4) is 0 Å². The van der Waals surface area contributed by atoms with Crippen LogP contribution in [0.25, 0.3) is 22.3 Å². The van der Waals surface area contributed by atoms with Gasteiger partial charge in [0.1, 0.15) is 17.3 Å². The van der Waals surface area contributed by atoms with Crippen molar-refractivity contribution in [1.82, 2.24) is 14.5 Å². The lowest BCUT2D eigenvalue weighted by atomic mass is 9.88. The smallest absolute Gasteiger partial charge is 0.272 e. The van der Waals surface area contributed by atoms with Crippen molar-refractivity contribution in [3.63, 3.8) is 0 Å². The zero-order valence-electron chi connectivity index (χ0n) is 26.3. The zero-order valence-corrected chi connectivity index (χ0v) is 30.1. The minimum absolute atomic E-state index is 0.00928. The summed E-state index contributed by atoms with van der Waals surface area (Å²) in [6, 6.07) is 2.71. The molecule has 1 saturated heterocycles. The molecule has 2 N–H and O–H groups in total. The van der Waals surface area contributed by atoms with E-state index in [1.807, 2.05) is 45.6 Å². The van der Waals surface area contributed by atoms with E-state index in [1.54, 1.807) is 17.2 Å². The molecule has 0 saturated carbocycles. The van der Waals surface area contributed by atoms with Crippen molar-refractivity contribution in [2.24, 2.45) is 16.8 Å². The molecule has 47 heavy (non-hydrogen) atoms. The maximum Gasteiger partial charge on any atom is 0.272 e. The normalized spacial score (nSPS) is 21.3. The molecular formula is C33H32Cl5N7O2. The van der Waals surface area contributed by atoms with Gasteiger partial charge in [-0.3, -0.25) is 19.1 Å². The van der Waals surface area contributed by atoms with E-state index in [2.05, 4.69) is 17.6 Å². The first kappa shape index (κ1) is 35.1. The summed E-state index contributed by atoms with van der Waals surface area (Å²) in [5.74, 6) is -0.429. The van der Waals surface area contributed by atoms with Gasteiger partial charge in [0.05, 0.1) is 48.2 Å². The topological polar surface area (TPSA) is 121 Å². The molecule has 0 aliphatic carbocycles. The second-order valence-electron chi connectivity index (χ2n) is 12.2. The number of allylic oxidation sites excluding steroid dienone is 1. The monoisotopic (exact) mass is 733 g/mol. The summed E-state index contributed by atoms with van der Waals surface area (Å²) in [5, 5.41) is 11.1. The van der Waals surface area contributed by atoms with Gasteiger partial charge in [-0.05, 0) is 31.9 Å². The number of aliphatic imine (C=N–C) groups is 1. The molecule has 246 valence electrons. The maximum absolute atomic E-state index is 14.7. The highest BCUT2D eigenvalue weighted by atomic mass is 35.5. The molecule has 0 radical (unpaired) electrons. The van der Waals surface area contributed by atoms with Gasteiger partial charge in [-0.1, -0.05) is 91.4 Å². The fourth-order valence-electron chi connectivity index (χ4n) is 6.63. The number of hydrogen-bond donors (Lipinski definition) is 1. The Morgan fingerprint density at radius 1 is 1.09 bits per heavy atom. The van der Waals surface area contributed by atoms with Crippen LogP contribution in [-0.4, -0.2) is 51.2 Å². The van der Waals surface area contributed by atoms with Crippen LogP contribution in [0.2, 0.25) is 25.1 Å². The molecule has 5 rings (SSSR count). The highest BCUT2D eigenvalue weighted by molar-refractivity contribution is 6.53. The third-order valence-corrected chi connectivity index (χ3v) is 10.7. The van der Waals surface area contributed by atoms with E-state index in [1.165, 1.54) is 10.6 Å². The zero-order chi connectivity index (χ0) is 34.6. The van der Waals surface area contributed by atoms with Gasteiger partial charge in [-0.25, -0.2) is 4.98 Å². The van der Waals surface area contributed by atoms with E-state index < -0.39 is 11.6 Å². The summed E-state index contributed by atoms with van der Waals surface area (Å²) < 4.78 is 1.51. The summed E-state index contributed by atoms with van der Waals surface area (Å²) in [5.41, 5.74) is 7.15. The van der Waals surface area contributed by atoms with Gasteiger partial charge in [0.15, 0.2) is 0 Å². The van der Waals surface area contributed by atoms with Crippen LogP contribution in [0.5, 0.6) is 0 Å². The van der Waals surface area contributed by atoms with Gasteiger partial charge in [-0.15, -0.1) is 0 Å². The molecule has 2 aromatic heterocycles. The van der Waals surface area contributed by atoms with Gasteiger partial charge < -0.3 is 15.5 Å². The van der Waals surface area contributed by atoms with Crippen molar-refractivity contribution in [3.05, 3.63) is 72.0 Å². The SMILES string of the molecule is C=CC(=O)N1[C@H](C)CN(c2c(C#N)c(=O)n([C@H]3C(C(C)C)=NC=C[C@H]3C)c3nc(-c4c(Cl)c(N)c(Cl)c(Cl)c4Cl)c(Cl)cc23)C[C@@H]1C. The molecule has 1 amide bonds. The average molecular weight is 736 g/mol. The van der Waals surface area contributed by atoms with E-state index in [9.17, 15) is 14.9 Å². The largest absolute Gasteiger partial charge is 0.396 e. The number of amides is 1. The molecule has 4 heterocycles. The molecule has 0 unspecified atom stereocenters. The van der Waals surface area contributed by atoms with Crippen LogP contribution in [0, 0.1) is 23.2 Å². The molecule has 2 aliphatic rings. The molecule has 0 bridgehead atoms. The molecule has 2 aliphatic heterocycles. The lowest BCUT2D eigenvalue weighted by molar-refractivity contribution is -0.130. The number of halogens is 5. The van der Waals surface area contributed by atoms with Gasteiger partial charge in [-0.2, -0.15) is 5.26 Å². The second kappa shape index (κ2) is 13.3. The fraction of sp³-hybridized carbons (Fsp3) is 0.364. The number of benzene rings is 1. The first-order valence-electron chi connectivity index (χ1n) is 14.9. The van der Waals surface area contributed by atoms with E-state index in [-0.39, 0.29) is 83.1 Å². The van der Waals surface area contributed by atoms with Crippen molar-refractivity contribution in [1.29, 1.82) is 5.26 Å². The summed E-state index contributed by atoms with van der Waals surface area (Å²) >= 11 is 33.1. The summed E-state index contributed by atoms with van der Waals surface area (Å²) in [6.07, 6.45) is 4.91. The molecular weight excluding hydrogens is 704 g/mol. The predicted molar refractivity (Wildman–Crippen MR) is 193 cm³/mol. The van der Waals surface area contributed by atoms with Crippen LogP contribution in [0.4, 0.5) is 11.4 Å². The number of pyridine rings is 2. The Morgan fingerprint density at radius 2 is 1.72 bits per heavy atom. The van der Waals surface area contributed by atoms with Gasteiger partial charge in [0.2, 0.25) is 5.91 Å². The van der Waals surface area contributed by atoms with Gasteiger partial charge in [0, 0.05) is 54.0 Å². The highest BCUT2D eigenvalue weighted by Crippen LogP contribution is 2.49. The number of rotatable bonds is 5. The molecule has 9 nitrogen and oxygen atoms in total. The lowest BCUT2D eigenvalue weighted by Crippen LogP contribution is -2.58. The van der Waals surface area contributed by atoms with Crippen molar-refractivity contribution in [2.75, 3.05) is 23.7 Å². The van der Waals surface area contributed by atoms with Crippen LogP contribution in [-0.2, 0) is 4.79 Å². The molecule has 4 atom stereocenters. The Balaban J connectivity index is 1.91. The molecule has 1 aromatic carbocycles. The fourth-order valence-corrected chi connectivity index (χ4v) is 7.96. The number of piperazine rings is 1. The molecule has 0 spiro atoms. The Labute approximate surface area is 297 Å². The van der Waals surface area contributed by atoms with Crippen LogP contribution in [0.15, 0.2) is 40.8 Å². The first-order chi connectivity index (χ1) is 22.2. The Bertz CT molecular complexity index is 1960. The van der Waals surface area contributed by atoms with Gasteiger partial charge in [0.25, 0.3) is 5.56 Å². The first-order valence-corrected chi connectivity index (χ1v) is 16.8. The Kier molecular flexibility index (Phi) is 9.94. The number of carbonyl (C=O) groups excluding carboxylic acids is 1. The summed E-state index contributed by atoms with van der Waals surface area (Å²) in [7, 11) is 0. The third-order valence-electron chi connectivity index (χ3n) is 8.70. The van der Waals surface area contributed by atoms with Crippen LogP contribution in [0.1, 0.15) is 46.2 Å². The van der Waals surface area contributed by atoms with Gasteiger partial charge >= 0.3 is 0 Å². The number of hydrogen-bond acceptors (Lipinski definition) is 7. The molecule has 1 fully saturated rings. The average Bonchev–Trinajstić information content (AvgIpc) is 3.02. The van der Waals surface area contributed by atoms with E-state index >= 15 is 0 Å². The molecule has 3 aromatic rings. The van der Waals surface area contributed by atoms with Crippen molar-refractivity contribution in [2.45, 2.75) is 52.7 Å². The maximum atomic E-state index is 14.7. The Hall–Kier alpha value is -3.26. The molecule has 14 heteroatoms. The highest BCUT2D eigenvalue weighted by Gasteiger charge is 2.37. The van der Waals surface area contributed by atoms with E-state index in [0.717, 1.165) is 5.71 Å².